The van der Waals surface area contributed by atoms with Gasteiger partial charge in [-0.3, -0.25) is 15.1 Å². The van der Waals surface area contributed by atoms with Crippen LogP contribution in [0.15, 0.2) is 89.4 Å². The molecule has 144 valence electrons. The van der Waals surface area contributed by atoms with Gasteiger partial charge in [-0.2, -0.15) is 0 Å². The second-order valence-corrected chi connectivity index (χ2v) is 7.19. The highest BCUT2D eigenvalue weighted by molar-refractivity contribution is 7.07. The van der Waals surface area contributed by atoms with Gasteiger partial charge in [-0.05, 0) is 23.8 Å². The molecule has 2 aromatic carbocycles. The third kappa shape index (κ3) is 4.30. The lowest BCUT2D eigenvalue weighted by atomic mass is 10.1. The number of nitro groups is 1. The van der Waals surface area contributed by atoms with Crippen LogP contribution in [-0.2, 0) is 13.0 Å². The zero-order valence-corrected chi connectivity index (χ0v) is 16.3. The summed E-state index contributed by atoms with van der Waals surface area (Å²) in [4.78, 5) is 20.7. The van der Waals surface area contributed by atoms with Crippen LogP contribution in [0.4, 0.5) is 11.4 Å². The zero-order valence-electron chi connectivity index (χ0n) is 15.5. The zero-order chi connectivity index (χ0) is 20.1. The molecular weight excluding hydrogens is 384 g/mol. The van der Waals surface area contributed by atoms with Crippen LogP contribution in [0, 0.1) is 10.1 Å². The van der Waals surface area contributed by atoms with Gasteiger partial charge in [0.2, 0.25) is 0 Å². The van der Waals surface area contributed by atoms with Gasteiger partial charge in [0.05, 0.1) is 10.6 Å². The van der Waals surface area contributed by atoms with Crippen LogP contribution < -0.4 is 4.80 Å². The Kier molecular flexibility index (Phi) is 5.58. The number of thiazole rings is 1. The highest BCUT2D eigenvalue weighted by Crippen LogP contribution is 2.27. The van der Waals surface area contributed by atoms with Crippen LogP contribution in [-0.4, -0.2) is 14.5 Å². The van der Waals surface area contributed by atoms with Crippen LogP contribution in [0.1, 0.15) is 5.69 Å². The van der Waals surface area contributed by atoms with Crippen molar-refractivity contribution in [1.82, 2.24) is 9.55 Å². The Hall–Kier alpha value is -3.58. The number of nitro benzene ring substituents is 1. The number of rotatable bonds is 6. The molecule has 0 amide bonds. The van der Waals surface area contributed by atoms with Gasteiger partial charge in [0.1, 0.15) is 5.69 Å². The van der Waals surface area contributed by atoms with Crippen molar-refractivity contribution in [1.29, 1.82) is 0 Å². The van der Waals surface area contributed by atoms with E-state index >= 15 is 0 Å². The Labute approximate surface area is 171 Å². The van der Waals surface area contributed by atoms with Gasteiger partial charge >= 0.3 is 0 Å². The van der Waals surface area contributed by atoms with E-state index in [9.17, 15) is 10.1 Å². The molecule has 0 fully saturated rings. The topological polar surface area (TPSA) is 73.3 Å². The second kappa shape index (κ2) is 8.62. The summed E-state index contributed by atoms with van der Waals surface area (Å²) in [6.07, 6.45) is 2.52. The summed E-state index contributed by atoms with van der Waals surface area (Å²) in [5.41, 5.74) is 3.45. The number of hydrogen-bond acceptors (Lipinski definition) is 5. The number of benzene rings is 2. The molecule has 6 nitrogen and oxygen atoms in total. The number of para-hydroxylation sites is 2. The van der Waals surface area contributed by atoms with E-state index in [-0.39, 0.29) is 5.69 Å². The molecule has 0 atom stereocenters. The van der Waals surface area contributed by atoms with Crippen molar-refractivity contribution in [2.45, 2.75) is 13.0 Å². The summed E-state index contributed by atoms with van der Waals surface area (Å²) in [6, 6.07) is 22.5. The van der Waals surface area contributed by atoms with E-state index < -0.39 is 4.92 Å². The van der Waals surface area contributed by atoms with Crippen molar-refractivity contribution in [2.75, 3.05) is 0 Å². The fourth-order valence-corrected chi connectivity index (χ4v) is 4.01. The quantitative estimate of drug-likeness (QED) is 0.337. The average molecular weight is 402 g/mol. The van der Waals surface area contributed by atoms with E-state index in [1.54, 1.807) is 24.4 Å². The fraction of sp³-hybridized carbons (Fsp3) is 0.0909. The third-order valence-electron chi connectivity index (χ3n) is 4.48. The van der Waals surface area contributed by atoms with E-state index in [1.165, 1.54) is 17.4 Å². The monoisotopic (exact) mass is 402 g/mol. The predicted octanol–water partition coefficient (Wildman–Crippen LogP) is 4.99. The summed E-state index contributed by atoms with van der Waals surface area (Å²) in [7, 11) is 0. The maximum atomic E-state index is 11.4. The first-order chi connectivity index (χ1) is 14.2. The SMILES string of the molecule is O=[N+]([O-])c1ccccc1N=c1scc(-c2ccccc2)n1CCc1ccccn1. The highest BCUT2D eigenvalue weighted by atomic mass is 32.1. The molecular formula is C22H18N4O2S. The minimum atomic E-state index is -0.400. The Balaban J connectivity index is 1.80. The summed E-state index contributed by atoms with van der Waals surface area (Å²) in [6.45, 7) is 0.671. The molecule has 0 saturated heterocycles. The Morgan fingerprint density at radius 3 is 2.52 bits per heavy atom. The molecule has 0 unspecified atom stereocenters. The van der Waals surface area contributed by atoms with E-state index in [2.05, 4.69) is 14.5 Å². The molecule has 0 aliphatic carbocycles. The van der Waals surface area contributed by atoms with Crippen LogP contribution >= 0.6 is 11.3 Å². The molecule has 2 heterocycles. The largest absolute Gasteiger partial charge is 0.316 e. The Morgan fingerprint density at radius 1 is 1.00 bits per heavy atom. The molecule has 0 bridgehead atoms. The molecule has 0 N–H and O–H groups in total. The van der Waals surface area contributed by atoms with Gasteiger partial charge in [0.15, 0.2) is 4.80 Å². The van der Waals surface area contributed by atoms with Gasteiger partial charge < -0.3 is 4.57 Å². The summed E-state index contributed by atoms with van der Waals surface area (Å²) in [5.74, 6) is 0. The van der Waals surface area contributed by atoms with Gasteiger partial charge in [0, 0.05) is 36.3 Å². The molecule has 2 aromatic heterocycles. The number of hydrogen-bond donors (Lipinski definition) is 0. The molecule has 0 aliphatic heterocycles. The van der Waals surface area contributed by atoms with Crippen molar-refractivity contribution in [3.63, 3.8) is 0 Å². The predicted molar refractivity (Wildman–Crippen MR) is 114 cm³/mol. The van der Waals surface area contributed by atoms with Gasteiger partial charge in [-0.25, -0.2) is 4.99 Å². The first kappa shape index (κ1) is 18.8. The number of nitrogens with zero attached hydrogens (tertiary/aromatic N) is 4. The second-order valence-electron chi connectivity index (χ2n) is 6.35. The van der Waals surface area contributed by atoms with E-state index in [0.29, 0.717) is 17.0 Å². The molecule has 0 spiro atoms. The van der Waals surface area contributed by atoms with Gasteiger partial charge in [0.25, 0.3) is 5.69 Å². The van der Waals surface area contributed by atoms with Crippen LogP contribution in [0.2, 0.25) is 0 Å². The number of aromatic nitrogens is 2. The first-order valence-corrected chi connectivity index (χ1v) is 10.0. The minimum absolute atomic E-state index is 0.00145. The average Bonchev–Trinajstić information content (AvgIpc) is 3.16. The molecule has 0 aliphatic rings. The van der Waals surface area contributed by atoms with Gasteiger partial charge in [-0.1, -0.05) is 48.5 Å². The van der Waals surface area contributed by atoms with Crippen LogP contribution in [0.25, 0.3) is 11.3 Å². The fourth-order valence-electron chi connectivity index (χ4n) is 3.06. The third-order valence-corrected chi connectivity index (χ3v) is 5.34. The van der Waals surface area contributed by atoms with Crippen molar-refractivity contribution < 1.29 is 4.92 Å². The summed E-state index contributed by atoms with van der Waals surface area (Å²) >= 11 is 1.47. The molecule has 4 rings (SSSR count). The Morgan fingerprint density at radius 2 is 1.76 bits per heavy atom. The lowest BCUT2D eigenvalue weighted by molar-refractivity contribution is -0.384. The normalized spacial score (nSPS) is 11.5. The van der Waals surface area contributed by atoms with E-state index in [1.807, 2.05) is 53.9 Å². The Bertz CT molecular complexity index is 1180. The first-order valence-electron chi connectivity index (χ1n) is 9.14. The van der Waals surface area contributed by atoms with E-state index in [0.717, 1.165) is 23.4 Å². The molecule has 7 heteroatoms. The molecule has 0 radical (unpaired) electrons. The van der Waals surface area contributed by atoms with Crippen molar-refractivity contribution in [2.24, 2.45) is 4.99 Å². The molecule has 0 saturated carbocycles. The summed E-state index contributed by atoms with van der Waals surface area (Å²) in [5, 5.41) is 13.4. The number of aryl methyl sites for hydroxylation is 1. The van der Waals surface area contributed by atoms with Gasteiger partial charge in [-0.15, -0.1) is 11.3 Å². The van der Waals surface area contributed by atoms with E-state index in [4.69, 9.17) is 0 Å². The standard InChI is InChI=1S/C22H18N4O2S/c27-26(28)20-12-5-4-11-19(20)24-22-25(15-13-18-10-6-7-14-23-18)21(16-29-22)17-8-2-1-3-9-17/h1-12,14,16H,13,15H2. The highest BCUT2D eigenvalue weighted by Gasteiger charge is 2.13. The molecule has 4 aromatic rings. The molecule has 29 heavy (non-hydrogen) atoms. The maximum absolute atomic E-state index is 11.4. The van der Waals surface area contributed by atoms with Crippen molar-refractivity contribution in [3.8, 4) is 11.3 Å². The van der Waals surface area contributed by atoms with Crippen molar-refractivity contribution >= 4 is 22.7 Å². The van der Waals surface area contributed by atoms with Crippen molar-refractivity contribution in [3.05, 3.63) is 105 Å². The minimum Gasteiger partial charge on any atom is -0.316 e. The lowest BCUT2D eigenvalue weighted by Gasteiger charge is -2.09. The maximum Gasteiger partial charge on any atom is 0.294 e. The van der Waals surface area contributed by atoms with Crippen LogP contribution in [0.5, 0.6) is 0 Å². The number of pyridine rings is 1. The summed E-state index contributed by atoms with van der Waals surface area (Å²) < 4.78 is 2.10. The lowest BCUT2D eigenvalue weighted by Crippen LogP contribution is -2.17. The smallest absolute Gasteiger partial charge is 0.294 e. The van der Waals surface area contributed by atoms with Crippen LogP contribution in [0.3, 0.4) is 0 Å².